The number of hydrogen-bond donors (Lipinski definition) is 1. The number of ketones is 2. The molecule has 0 spiro atoms. The molecule has 0 bridgehead atoms. The Labute approximate surface area is 149 Å². The number of Topliss-reactive ketones (excluding diaryl/α,β-unsaturated/α-hetero) is 2. The third-order valence-corrected chi connectivity index (χ3v) is 3.74. The minimum absolute atomic E-state index is 0.182. The van der Waals surface area contributed by atoms with Gasteiger partial charge in [0.25, 0.3) is 0 Å². The molecular formula is C18H12F5NO3. The largest absolute Gasteiger partial charge is 0.461 e. The molecule has 0 atom stereocenters. The van der Waals surface area contributed by atoms with Crippen LogP contribution in [-0.2, 0) is 4.79 Å². The smallest absolute Gasteiger partial charge is 0.366 e. The molecule has 0 aliphatic heterocycles. The molecule has 2 rings (SSSR count). The maximum absolute atomic E-state index is 12.9. The van der Waals surface area contributed by atoms with Gasteiger partial charge in [-0.15, -0.1) is 0 Å². The molecule has 27 heavy (non-hydrogen) atoms. The second-order valence-corrected chi connectivity index (χ2v) is 5.61. The van der Waals surface area contributed by atoms with Crippen molar-refractivity contribution >= 4 is 17.5 Å². The highest BCUT2D eigenvalue weighted by Gasteiger charge is 2.62. The van der Waals surface area contributed by atoms with Crippen LogP contribution >= 0.6 is 0 Å². The van der Waals surface area contributed by atoms with Gasteiger partial charge in [0.05, 0.1) is 6.42 Å². The second kappa shape index (κ2) is 7.26. The summed E-state index contributed by atoms with van der Waals surface area (Å²) in [6.07, 6.45) is -7.62. The van der Waals surface area contributed by atoms with Gasteiger partial charge in [-0.2, -0.15) is 22.0 Å². The van der Waals surface area contributed by atoms with E-state index in [0.717, 1.165) is 0 Å². The quantitative estimate of drug-likeness (QED) is 0.467. The lowest BCUT2D eigenvalue weighted by atomic mass is 9.98. The van der Waals surface area contributed by atoms with Crippen LogP contribution in [0.3, 0.4) is 0 Å². The average Bonchev–Trinajstić information content (AvgIpc) is 2.60. The zero-order valence-electron chi connectivity index (χ0n) is 13.5. The van der Waals surface area contributed by atoms with E-state index in [1.54, 1.807) is 12.1 Å². The molecular weight excluding hydrogens is 373 g/mol. The van der Waals surface area contributed by atoms with E-state index in [4.69, 9.17) is 5.73 Å². The van der Waals surface area contributed by atoms with Crippen LogP contribution < -0.4 is 5.73 Å². The van der Waals surface area contributed by atoms with Crippen LogP contribution in [0, 0.1) is 0 Å². The van der Waals surface area contributed by atoms with Crippen molar-refractivity contribution in [2.75, 3.05) is 0 Å². The lowest BCUT2D eigenvalue weighted by Crippen LogP contribution is -2.44. The first-order chi connectivity index (χ1) is 12.4. The van der Waals surface area contributed by atoms with Gasteiger partial charge in [-0.1, -0.05) is 36.4 Å². The monoisotopic (exact) mass is 385 g/mol. The lowest BCUT2D eigenvalue weighted by Gasteiger charge is -2.17. The fraction of sp³-hybridized carbons (Fsp3) is 0.167. The third-order valence-electron chi connectivity index (χ3n) is 3.74. The van der Waals surface area contributed by atoms with Crippen LogP contribution in [0.5, 0.6) is 0 Å². The van der Waals surface area contributed by atoms with E-state index in [-0.39, 0.29) is 11.1 Å². The van der Waals surface area contributed by atoms with Crippen LogP contribution in [-0.4, -0.2) is 29.6 Å². The summed E-state index contributed by atoms with van der Waals surface area (Å²) in [6.45, 7) is 0. The predicted molar refractivity (Wildman–Crippen MR) is 85.4 cm³/mol. The number of alkyl halides is 5. The number of hydrogen-bond acceptors (Lipinski definition) is 3. The molecule has 2 aromatic rings. The molecule has 0 unspecified atom stereocenters. The number of nitrogens with two attached hydrogens (primary N) is 1. The number of amides is 1. The Bertz CT molecular complexity index is 871. The van der Waals surface area contributed by atoms with E-state index in [0.29, 0.717) is 11.1 Å². The second-order valence-electron chi connectivity index (χ2n) is 5.61. The zero-order valence-corrected chi connectivity index (χ0v) is 13.5. The minimum atomic E-state index is -6.05. The summed E-state index contributed by atoms with van der Waals surface area (Å²) in [4.78, 5) is 34.0. The molecule has 9 heteroatoms. The Balaban J connectivity index is 2.14. The van der Waals surface area contributed by atoms with Gasteiger partial charge < -0.3 is 5.73 Å². The fourth-order valence-electron chi connectivity index (χ4n) is 2.19. The lowest BCUT2D eigenvalue weighted by molar-refractivity contribution is -0.268. The highest BCUT2D eigenvalue weighted by Crippen LogP contribution is 2.37. The van der Waals surface area contributed by atoms with E-state index in [9.17, 15) is 36.3 Å². The van der Waals surface area contributed by atoms with Gasteiger partial charge in [0, 0.05) is 11.1 Å². The number of rotatable bonds is 6. The van der Waals surface area contributed by atoms with Gasteiger partial charge in [0.15, 0.2) is 5.78 Å². The highest BCUT2D eigenvalue weighted by atomic mass is 19.4. The summed E-state index contributed by atoms with van der Waals surface area (Å²) in [5, 5.41) is 0. The van der Waals surface area contributed by atoms with Gasteiger partial charge in [-0.05, 0) is 23.3 Å². The molecule has 2 N–H and O–H groups in total. The Hall–Kier alpha value is -3.10. The molecule has 0 fully saturated rings. The molecule has 0 saturated carbocycles. The summed E-state index contributed by atoms with van der Waals surface area (Å²) >= 11 is 0. The average molecular weight is 385 g/mol. The Kier molecular flexibility index (Phi) is 5.43. The van der Waals surface area contributed by atoms with Crippen molar-refractivity contribution in [3.8, 4) is 11.1 Å². The Morgan fingerprint density at radius 2 is 1.15 bits per heavy atom. The molecule has 0 radical (unpaired) electrons. The first-order valence-electron chi connectivity index (χ1n) is 7.45. The van der Waals surface area contributed by atoms with Crippen LogP contribution in [0.25, 0.3) is 11.1 Å². The molecule has 0 aliphatic rings. The molecule has 1 amide bonds. The standard InChI is InChI=1S/C18H12F5NO3/c19-17(20,18(21,22)23)15(26)9-14(25)12-5-1-10(2-6-12)11-3-7-13(8-4-11)16(24)27/h1-8H,9H2,(H2,24,27). The molecule has 4 nitrogen and oxygen atoms in total. The van der Waals surface area contributed by atoms with Crippen LogP contribution in [0.4, 0.5) is 22.0 Å². The first kappa shape index (κ1) is 20.2. The third kappa shape index (κ3) is 4.36. The normalized spacial score (nSPS) is 11.9. The van der Waals surface area contributed by atoms with Crippen molar-refractivity contribution in [3.63, 3.8) is 0 Å². The minimum Gasteiger partial charge on any atom is -0.366 e. The van der Waals surface area contributed by atoms with E-state index in [1.807, 2.05) is 0 Å². The van der Waals surface area contributed by atoms with Gasteiger partial charge in [-0.3, -0.25) is 14.4 Å². The summed E-state index contributed by atoms with van der Waals surface area (Å²) < 4.78 is 62.3. The van der Waals surface area contributed by atoms with E-state index >= 15 is 0 Å². The maximum Gasteiger partial charge on any atom is 0.461 e. The topological polar surface area (TPSA) is 77.2 Å². The van der Waals surface area contributed by atoms with Crippen molar-refractivity contribution in [3.05, 3.63) is 59.7 Å². The van der Waals surface area contributed by atoms with Gasteiger partial charge in [0.2, 0.25) is 11.7 Å². The van der Waals surface area contributed by atoms with E-state index < -0.39 is 36.0 Å². The Morgan fingerprint density at radius 3 is 1.52 bits per heavy atom. The summed E-state index contributed by atoms with van der Waals surface area (Å²) in [7, 11) is 0. The van der Waals surface area contributed by atoms with Crippen LogP contribution in [0.15, 0.2) is 48.5 Å². The molecule has 2 aromatic carbocycles. The van der Waals surface area contributed by atoms with Crippen molar-refractivity contribution in [2.24, 2.45) is 5.73 Å². The summed E-state index contributed by atoms with van der Waals surface area (Å²) in [6, 6.07) is 11.4. The van der Waals surface area contributed by atoms with Crippen molar-refractivity contribution < 1.29 is 36.3 Å². The number of primary amides is 1. The summed E-state index contributed by atoms with van der Waals surface area (Å²) in [5.41, 5.74) is 6.47. The number of halogens is 5. The van der Waals surface area contributed by atoms with E-state index in [1.165, 1.54) is 36.4 Å². The van der Waals surface area contributed by atoms with Gasteiger partial charge in [0.1, 0.15) is 0 Å². The highest BCUT2D eigenvalue weighted by molar-refractivity contribution is 6.10. The molecule has 142 valence electrons. The maximum atomic E-state index is 12.9. The number of benzene rings is 2. The SMILES string of the molecule is NC(=O)c1ccc(-c2ccc(C(=O)CC(=O)C(F)(F)C(F)(F)F)cc2)cc1. The predicted octanol–water partition coefficient (Wildman–Crippen LogP) is 3.79. The Morgan fingerprint density at radius 1 is 0.741 bits per heavy atom. The van der Waals surface area contributed by atoms with Crippen molar-refractivity contribution in [2.45, 2.75) is 18.5 Å². The molecule has 0 aliphatic carbocycles. The molecule has 0 saturated heterocycles. The van der Waals surface area contributed by atoms with Crippen LogP contribution in [0.1, 0.15) is 27.1 Å². The molecule has 0 aromatic heterocycles. The first-order valence-corrected chi connectivity index (χ1v) is 7.45. The fourth-order valence-corrected chi connectivity index (χ4v) is 2.19. The zero-order chi connectivity index (χ0) is 20.4. The van der Waals surface area contributed by atoms with E-state index in [2.05, 4.69) is 0 Å². The number of carbonyl (C=O) groups excluding carboxylic acids is 3. The van der Waals surface area contributed by atoms with Crippen molar-refractivity contribution in [1.82, 2.24) is 0 Å². The molecule has 0 heterocycles. The van der Waals surface area contributed by atoms with Gasteiger partial charge >= 0.3 is 12.1 Å². The van der Waals surface area contributed by atoms with Crippen molar-refractivity contribution in [1.29, 1.82) is 0 Å². The van der Waals surface area contributed by atoms with Gasteiger partial charge in [-0.25, -0.2) is 0 Å². The summed E-state index contributed by atoms with van der Waals surface area (Å²) in [5.74, 6) is -9.85. The number of carbonyl (C=O) groups is 3. The van der Waals surface area contributed by atoms with Crippen LogP contribution in [0.2, 0.25) is 0 Å².